The molecule has 1 heterocycles. The lowest BCUT2D eigenvalue weighted by atomic mass is 10.2. The number of aromatic hydroxyl groups is 1. The highest BCUT2D eigenvalue weighted by Gasteiger charge is 2.18. The van der Waals surface area contributed by atoms with Crippen molar-refractivity contribution in [1.29, 1.82) is 0 Å². The Morgan fingerprint density at radius 2 is 2.16 bits per heavy atom. The molecule has 0 spiro atoms. The number of hydrogen-bond donors (Lipinski definition) is 2. The van der Waals surface area contributed by atoms with Crippen LogP contribution in [0.3, 0.4) is 0 Å². The van der Waals surface area contributed by atoms with E-state index in [-0.39, 0.29) is 11.7 Å². The highest BCUT2D eigenvalue weighted by molar-refractivity contribution is 7.14. The molecule has 0 aliphatic heterocycles. The van der Waals surface area contributed by atoms with E-state index in [9.17, 15) is 9.90 Å². The first kappa shape index (κ1) is 12.2. The zero-order chi connectivity index (χ0) is 13.2. The standard InChI is InChI=1S/C15H15NO2S/c17-12-6-2-1-4-11(12)9-16-15(18)14-8-10-5-3-7-13(10)19-14/h1-2,4,6,8,17H,3,5,7,9H2,(H,16,18). The first-order chi connectivity index (χ1) is 9.24. The number of nitrogens with one attached hydrogen (secondary N) is 1. The summed E-state index contributed by atoms with van der Waals surface area (Å²) in [6.07, 6.45) is 3.41. The zero-order valence-electron chi connectivity index (χ0n) is 10.5. The topological polar surface area (TPSA) is 49.3 Å². The van der Waals surface area contributed by atoms with Gasteiger partial charge in [0, 0.05) is 17.0 Å². The molecule has 4 heteroatoms. The van der Waals surface area contributed by atoms with Gasteiger partial charge in [-0.2, -0.15) is 0 Å². The molecule has 0 unspecified atom stereocenters. The lowest BCUT2D eigenvalue weighted by Gasteiger charge is -2.05. The molecule has 0 saturated carbocycles. The number of thiophene rings is 1. The highest BCUT2D eigenvalue weighted by Crippen LogP contribution is 2.30. The van der Waals surface area contributed by atoms with Crippen LogP contribution in [0.15, 0.2) is 30.3 Å². The van der Waals surface area contributed by atoms with Crippen molar-refractivity contribution in [2.75, 3.05) is 0 Å². The molecule has 0 bridgehead atoms. The van der Waals surface area contributed by atoms with Gasteiger partial charge in [-0.15, -0.1) is 11.3 Å². The van der Waals surface area contributed by atoms with Gasteiger partial charge in [-0.1, -0.05) is 18.2 Å². The van der Waals surface area contributed by atoms with Crippen LogP contribution in [-0.2, 0) is 19.4 Å². The fourth-order valence-corrected chi connectivity index (χ4v) is 3.53. The third kappa shape index (κ3) is 2.49. The smallest absolute Gasteiger partial charge is 0.261 e. The van der Waals surface area contributed by atoms with Crippen LogP contribution in [0.5, 0.6) is 5.75 Å². The van der Waals surface area contributed by atoms with Crippen molar-refractivity contribution in [3.05, 3.63) is 51.2 Å². The average Bonchev–Trinajstić information content (AvgIpc) is 2.98. The van der Waals surface area contributed by atoms with E-state index in [2.05, 4.69) is 5.32 Å². The molecular formula is C15H15NO2S. The van der Waals surface area contributed by atoms with Gasteiger partial charge in [-0.05, 0) is 37.0 Å². The fraction of sp³-hybridized carbons (Fsp3) is 0.267. The van der Waals surface area contributed by atoms with Crippen LogP contribution in [0.2, 0.25) is 0 Å². The molecule has 19 heavy (non-hydrogen) atoms. The highest BCUT2D eigenvalue weighted by atomic mass is 32.1. The molecule has 0 radical (unpaired) electrons. The van der Waals surface area contributed by atoms with Crippen LogP contribution >= 0.6 is 11.3 Å². The summed E-state index contributed by atoms with van der Waals surface area (Å²) in [5, 5.41) is 12.5. The molecule has 0 atom stereocenters. The fourth-order valence-electron chi connectivity index (χ4n) is 2.36. The number of phenolic OH excluding ortho intramolecular Hbond substituents is 1. The summed E-state index contributed by atoms with van der Waals surface area (Å²) in [4.78, 5) is 14.2. The third-order valence-corrected chi connectivity index (χ3v) is 4.64. The molecule has 98 valence electrons. The summed E-state index contributed by atoms with van der Waals surface area (Å²) in [7, 11) is 0. The van der Waals surface area contributed by atoms with Crippen LogP contribution in [-0.4, -0.2) is 11.0 Å². The van der Waals surface area contributed by atoms with Crippen molar-refractivity contribution in [2.24, 2.45) is 0 Å². The Labute approximate surface area is 115 Å². The van der Waals surface area contributed by atoms with E-state index in [1.54, 1.807) is 23.5 Å². The predicted octanol–water partition coefficient (Wildman–Crippen LogP) is 2.87. The van der Waals surface area contributed by atoms with E-state index in [0.29, 0.717) is 6.54 Å². The summed E-state index contributed by atoms with van der Waals surface area (Å²) >= 11 is 1.59. The maximum Gasteiger partial charge on any atom is 0.261 e. The second-order valence-electron chi connectivity index (χ2n) is 4.72. The minimum absolute atomic E-state index is 0.0531. The largest absolute Gasteiger partial charge is 0.508 e. The number of benzene rings is 1. The van der Waals surface area contributed by atoms with Gasteiger partial charge in [0.05, 0.1) is 4.88 Å². The molecule has 1 aromatic heterocycles. The van der Waals surface area contributed by atoms with Crippen LogP contribution < -0.4 is 5.32 Å². The van der Waals surface area contributed by atoms with E-state index in [1.165, 1.54) is 16.9 Å². The molecule has 1 aliphatic carbocycles. The number of rotatable bonds is 3. The molecule has 1 aromatic carbocycles. The Morgan fingerprint density at radius 3 is 2.95 bits per heavy atom. The summed E-state index contributed by atoms with van der Waals surface area (Å²) in [5.74, 6) is 0.166. The number of hydrogen-bond acceptors (Lipinski definition) is 3. The molecule has 2 N–H and O–H groups in total. The van der Waals surface area contributed by atoms with Crippen molar-refractivity contribution in [3.63, 3.8) is 0 Å². The number of carbonyl (C=O) groups excluding carboxylic acids is 1. The van der Waals surface area contributed by atoms with E-state index >= 15 is 0 Å². The van der Waals surface area contributed by atoms with Gasteiger partial charge < -0.3 is 10.4 Å². The van der Waals surface area contributed by atoms with Crippen molar-refractivity contribution in [1.82, 2.24) is 5.32 Å². The van der Waals surface area contributed by atoms with Crippen LogP contribution in [0.1, 0.15) is 32.1 Å². The lowest BCUT2D eigenvalue weighted by molar-refractivity contribution is 0.0954. The molecule has 0 fully saturated rings. The van der Waals surface area contributed by atoms with Crippen molar-refractivity contribution >= 4 is 17.2 Å². The van der Waals surface area contributed by atoms with Crippen molar-refractivity contribution in [2.45, 2.75) is 25.8 Å². The Morgan fingerprint density at radius 1 is 1.32 bits per heavy atom. The van der Waals surface area contributed by atoms with E-state index in [0.717, 1.165) is 23.3 Å². The monoisotopic (exact) mass is 273 g/mol. The number of carbonyl (C=O) groups is 1. The van der Waals surface area contributed by atoms with Gasteiger partial charge >= 0.3 is 0 Å². The van der Waals surface area contributed by atoms with Crippen molar-refractivity contribution in [3.8, 4) is 5.75 Å². The summed E-state index contributed by atoms with van der Waals surface area (Å²) in [5.41, 5.74) is 2.07. The Balaban J connectivity index is 1.67. The predicted molar refractivity (Wildman–Crippen MR) is 75.6 cm³/mol. The van der Waals surface area contributed by atoms with Gasteiger partial charge in [-0.3, -0.25) is 4.79 Å². The van der Waals surface area contributed by atoms with Gasteiger partial charge in [0.15, 0.2) is 0 Å². The maximum absolute atomic E-state index is 12.1. The SMILES string of the molecule is O=C(NCc1ccccc1O)c1cc2c(s1)CCC2. The molecule has 3 rings (SSSR count). The lowest BCUT2D eigenvalue weighted by Crippen LogP contribution is -2.21. The minimum atomic E-state index is -0.0531. The minimum Gasteiger partial charge on any atom is -0.508 e. The first-order valence-electron chi connectivity index (χ1n) is 6.40. The molecule has 1 aliphatic rings. The number of phenols is 1. The van der Waals surface area contributed by atoms with Gasteiger partial charge in [-0.25, -0.2) is 0 Å². The van der Waals surface area contributed by atoms with Crippen LogP contribution in [0.25, 0.3) is 0 Å². The number of amides is 1. The average molecular weight is 273 g/mol. The number of para-hydroxylation sites is 1. The Bertz CT molecular complexity index is 597. The van der Waals surface area contributed by atoms with Crippen molar-refractivity contribution < 1.29 is 9.90 Å². The molecule has 2 aromatic rings. The molecule has 0 saturated heterocycles. The normalized spacial score (nSPS) is 13.3. The van der Waals surface area contributed by atoms with Gasteiger partial charge in [0.25, 0.3) is 5.91 Å². The number of aryl methyl sites for hydroxylation is 2. The summed E-state index contributed by atoms with van der Waals surface area (Å²) in [6, 6.07) is 9.06. The Hall–Kier alpha value is -1.81. The van der Waals surface area contributed by atoms with Crippen LogP contribution in [0, 0.1) is 0 Å². The summed E-state index contributed by atoms with van der Waals surface area (Å²) in [6.45, 7) is 0.355. The van der Waals surface area contributed by atoms with Gasteiger partial charge in [0.2, 0.25) is 0 Å². The second kappa shape index (κ2) is 5.05. The van der Waals surface area contributed by atoms with E-state index in [4.69, 9.17) is 0 Å². The first-order valence-corrected chi connectivity index (χ1v) is 7.22. The van der Waals surface area contributed by atoms with Crippen LogP contribution in [0.4, 0.5) is 0 Å². The summed E-state index contributed by atoms with van der Waals surface area (Å²) < 4.78 is 0. The number of fused-ring (bicyclic) bond motifs is 1. The molecule has 1 amide bonds. The van der Waals surface area contributed by atoms with Gasteiger partial charge in [0.1, 0.15) is 5.75 Å². The quantitative estimate of drug-likeness (QED) is 0.903. The molecule has 3 nitrogen and oxygen atoms in total. The second-order valence-corrected chi connectivity index (χ2v) is 5.86. The Kier molecular flexibility index (Phi) is 3.25. The molecular weight excluding hydrogens is 258 g/mol. The van der Waals surface area contributed by atoms with E-state index in [1.807, 2.05) is 18.2 Å². The third-order valence-electron chi connectivity index (χ3n) is 3.40. The zero-order valence-corrected chi connectivity index (χ0v) is 11.3. The maximum atomic E-state index is 12.1. The van der Waals surface area contributed by atoms with E-state index < -0.39 is 0 Å².